The van der Waals surface area contributed by atoms with Crippen LogP contribution in [-0.4, -0.2) is 47.2 Å². The standard InChI is InChI=1S/C24H23N5O2/c30-24(26-16-18-6-1-2-10-25-18)20-8-4-9-21-22(20)28-23(27-21)17-5-3-7-19(15-17)29-11-13-31-14-12-29/h1-10,15H,11-14,16H2,(H,26,30)(H,27,28). The highest BCUT2D eigenvalue weighted by Gasteiger charge is 2.16. The van der Waals surface area contributed by atoms with Crippen LogP contribution >= 0.6 is 0 Å². The van der Waals surface area contributed by atoms with Gasteiger partial charge in [-0.05, 0) is 36.4 Å². The van der Waals surface area contributed by atoms with E-state index >= 15 is 0 Å². The van der Waals surface area contributed by atoms with Crippen LogP contribution in [0.2, 0.25) is 0 Å². The number of benzene rings is 2. The number of imidazole rings is 1. The summed E-state index contributed by atoms with van der Waals surface area (Å²) in [7, 11) is 0. The van der Waals surface area contributed by atoms with E-state index in [4.69, 9.17) is 9.72 Å². The normalized spacial score (nSPS) is 14.0. The summed E-state index contributed by atoms with van der Waals surface area (Å²) in [6.45, 7) is 3.61. The van der Waals surface area contributed by atoms with Crippen LogP contribution in [0.3, 0.4) is 0 Å². The molecule has 0 atom stereocenters. The van der Waals surface area contributed by atoms with Gasteiger partial charge in [0.15, 0.2) is 0 Å². The zero-order valence-electron chi connectivity index (χ0n) is 17.0. The molecule has 31 heavy (non-hydrogen) atoms. The molecule has 3 heterocycles. The van der Waals surface area contributed by atoms with E-state index in [-0.39, 0.29) is 5.91 Å². The summed E-state index contributed by atoms with van der Waals surface area (Å²) in [4.78, 5) is 27.5. The number of nitrogens with one attached hydrogen (secondary N) is 2. The number of para-hydroxylation sites is 1. The van der Waals surface area contributed by atoms with Gasteiger partial charge in [-0.25, -0.2) is 4.98 Å². The molecule has 4 aromatic rings. The highest BCUT2D eigenvalue weighted by atomic mass is 16.5. The second-order valence-electron chi connectivity index (χ2n) is 7.44. The van der Waals surface area contributed by atoms with Crippen LogP contribution in [0, 0.1) is 0 Å². The minimum atomic E-state index is -0.170. The lowest BCUT2D eigenvalue weighted by atomic mass is 10.1. The van der Waals surface area contributed by atoms with Crippen LogP contribution in [0.1, 0.15) is 16.1 Å². The summed E-state index contributed by atoms with van der Waals surface area (Å²) in [5.41, 5.74) is 4.98. The van der Waals surface area contributed by atoms with Gasteiger partial charge in [-0.3, -0.25) is 9.78 Å². The van der Waals surface area contributed by atoms with Crippen molar-refractivity contribution in [1.29, 1.82) is 0 Å². The molecule has 1 fully saturated rings. The van der Waals surface area contributed by atoms with Crippen LogP contribution in [0.25, 0.3) is 22.4 Å². The number of aromatic amines is 1. The quantitative estimate of drug-likeness (QED) is 0.524. The molecule has 0 radical (unpaired) electrons. The fourth-order valence-corrected chi connectivity index (χ4v) is 3.79. The molecule has 0 bridgehead atoms. The van der Waals surface area contributed by atoms with Crippen LogP contribution < -0.4 is 10.2 Å². The molecular weight excluding hydrogens is 390 g/mol. The van der Waals surface area contributed by atoms with E-state index < -0.39 is 0 Å². The molecule has 0 saturated carbocycles. The number of amides is 1. The Morgan fingerprint density at radius 3 is 2.77 bits per heavy atom. The molecule has 0 spiro atoms. The van der Waals surface area contributed by atoms with Gasteiger partial charge in [0.1, 0.15) is 11.3 Å². The Hall–Kier alpha value is -3.71. The summed E-state index contributed by atoms with van der Waals surface area (Å²) >= 11 is 0. The number of ether oxygens (including phenoxy) is 1. The van der Waals surface area contributed by atoms with E-state index in [2.05, 4.69) is 32.3 Å². The maximum Gasteiger partial charge on any atom is 0.253 e. The molecule has 5 rings (SSSR count). The van der Waals surface area contributed by atoms with Crippen molar-refractivity contribution in [2.24, 2.45) is 0 Å². The molecule has 2 N–H and O–H groups in total. The number of aromatic nitrogens is 3. The van der Waals surface area contributed by atoms with Crippen molar-refractivity contribution < 1.29 is 9.53 Å². The summed E-state index contributed by atoms with van der Waals surface area (Å²) < 4.78 is 5.46. The number of H-pyrrole nitrogens is 1. The number of hydrogen-bond donors (Lipinski definition) is 2. The third kappa shape index (κ3) is 4.13. The van der Waals surface area contributed by atoms with Crippen LogP contribution in [0.4, 0.5) is 5.69 Å². The van der Waals surface area contributed by atoms with E-state index in [1.807, 2.05) is 42.5 Å². The van der Waals surface area contributed by atoms with Gasteiger partial charge >= 0.3 is 0 Å². The number of anilines is 1. The number of nitrogens with zero attached hydrogens (tertiary/aromatic N) is 3. The van der Waals surface area contributed by atoms with Gasteiger partial charge in [0.05, 0.1) is 36.5 Å². The topological polar surface area (TPSA) is 83.1 Å². The fraction of sp³-hybridized carbons (Fsp3) is 0.208. The summed E-state index contributed by atoms with van der Waals surface area (Å²) in [6, 6.07) is 19.5. The third-order valence-electron chi connectivity index (χ3n) is 5.41. The summed E-state index contributed by atoms with van der Waals surface area (Å²) in [5, 5.41) is 2.93. The monoisotopic (exact) mass is 413 g/mol. The highest BCUT2D eigenvalue weighted by Crippen LogP contribution is 2.26. The Balaban J connectivity index is 1.41. The van der Waals surface area contributed by atoms with Crippen molar-refractivity contribution in [3.05, 3.63) is 78.1 Å². The number of carbonyl (C=O) groups excluding carboxylic acids is 1. The van der Waals surface area contributed by atoms with Crippen LogP contribution in [-0.2, 0) is 11.3 Å². The number of rotatable bonds is 5. The SMILES string of the molecule is O=C(NCc1ccccn1)c1cccc2[nH]c(-c3cccc(N4CCOCC4)c3)nc12. The number of fused-ring (bicyclic) bond motifs is 1. The van der Waals surface area contributed by atoms with E-state index in [9.17, 15) is 4.79 Å². The molecule has 1 aliphatic heterocycles. The molecule has 7 nitrogen and oxygen atoms in total. The predicted molar refractivity (Wildman–Crippen MR) is 120 cm³/mol. The Labute approximate surface area is 180 Å². The van der Waals surface area contributed by atoms with E-state index in [0.29, 0.717) is 17.6 Å². The molecule has 0 unspecified atom stereocenters. The van der Waals surface area contributed by atoms with Crippen molar-refractivity contribution >= 4 is 22.6 Å². The molecule has 2 aromatic heterocycles. The van der Waals surface area contributed by atoms with Gasteiger partial charge in [-0.15, -0.1) is 0 Å². The fourth-order valence-electron chi connectivity index (χ4n) is 3.79. The third-order valence-corrected chi connectivity index (χ3v) is 5.41. The summed E-state index contributed by atoms with van der Waals surface area (Å²) in [6.07, 6.45) is 1.72. The molecule has 1 aliphatic rings. The maximum absolute atomic E-state index is 12.8. The largest absolute Gasteiger partial charge is 0.378 e. The van der Waals surface area contributed by atoms with Crippen molar-refractivity contribution in [2.75, 3.05) is 31.2 Å². The first-order valence-corrected chi connectivity index (χ1v) is 10.4. The van der Waals surface area contributed by atoms with E-state index in [1.165, 1.54) is 0 Å². The first kappa shape index (κ1) is 19.3. The molecule has 7 heteroatoms. The number of hydrogen-bond acceptors (Lipinski definition) is 5. The predicted octanol–water partition coefficient (Wildman–Crippen LogP) is 3.39. The van der Waals surface area contributed by atoms with Crippen LogP contribution in [0.5, 0.6) is 0 Å². The first-order valence-electron chi connectivity index (χ1n) is 10.4. The van der Waals surface area contributed by atoms with Crippen molar-refractivity contribution in [3.8, 4) is 11.4 Å². The van der Waals surface area contributed by atoms with Crippen molar-refractivity contribution in [3.63, 3.8) is 0 Å². The van der Waals surface area contributed by atoms with Crippen molar-refractivity contribution in [1.82, 2.24) is 20.3 Å². The first-order chi connectivity index (χ1) is 15.3. The van der Waals surface area contributed by atoms with E-state index in [0.717, 1.165) is 54.6 Å². The maximum atomic E-state index is 12.8. The molecule has 1 saturated heterocycles. The van der Waals surface area contributed by atoms with Gasteiger partial charge < -0.3 is 19.9 Å². The number of morpholine rings is 1. The zero-order chi connectivity index (χ0) is 21.0. The van der Waals surface area contributed by atoms with Crippen LogP contribution in [0.15, 0.2) is 66.9 Å². The number of carbonyl (C=O) groups is 1. The van der Waals surface area contributed by atoms with Gasteiger partial charge in [0.25, 0.3) is 5.91 Å². The van der Waals surface area contributed by atoms with Gasteiger partial charge in [-0.2, -0.15) is 0 Å². The highest BCUT2D eigenvalue weighted by molar-refractivity contribution is 6.05. The Morgan fingerprint density at radius 1 is 1.06 bits per heavy atom. The minimum absolute atomic E-state index is 0.170. The summed E-state index contributed by atoms with van der Waals surface area (Å²) in [5.74, 6) is 0.575. The minimum Gasteiger partial charge on any atom is -0.378 e. The molecular formula is C24H23N5O2. The second kappa shape index (κ2) is 8.57. The average Bonchev–Trinajstić information content (AvgIpc) is 3.28. The van der Waals surface area contributed by atoms with E-state index in [1.54, 1.807) is 12.3 Å². The molecule has 156 valence electrons. The van der Waals surface area contributed by atoms with Gasteiger partial charge in [-0.1, -0.05) is 24.3 Å². The smallest absolute Gasteiger partial charge is 0.253 e. The zero-order valence-corrected chi connectivity index (χ0v) is 17.0. The molecule has 2 aromatic carbocycles. The second-order valence-corrected chi connectivity index (χ2v) is 7.44. The number of pyridine rings is 1. The van der Waals surface area contributed by atoms with Crippen molar-refractivity contribution in [2.45, 2.75) is 6.54 Å². The average molecular weight is 413 g/mol. The Bertz CT molecular complexity index is 1200. The Kier molecular flexibility index (Phi) is 5.33. The lowest BCUT2D eigenvalue weighted by Gasteiger charge is -2.29. The Morgan fingerprint density at radius 2 is 1.94 bits per heavy atom. The van der Waals surface area contributed by atoms with Gasteiger partial charge in [0.2, 0.25) is 0 Å². The lowest BCUT2D eigenvalue weighted by Crippen LogP contribution is -2.36. The lowest BCUT2D eigenvalue weighted by molar-refractivity contribution is 0.0952. The van der Waals surface area contributed by atoms with Gasteiger partial charge in [0, 0.05) is 30.5 Å². The molecule has 1 amide bonds. The molecule has 0 aliphatic carbocycles.